The molecule has 1 aromatic carbocycles. The number of aryl methyl sites for hydroxylation is 1. The number of carbonyl (C=O) groups is 2. The van der Waals surface area contributed by atoms with Gasteiger partial charge in [-0.1, -0.05) is 55.5 Å². The molecule has 9 rings (SSSR count). The van der Waals surface area contributed by atoms with Crippen LogP contribution in [-0.2, 0) is 29.1 Å². The number of H-pyrrole nitrogens is 1. The first-order valence-electron chi connectivity index (χ1n) is 20.5. The van der Waals surface area contributed by atoms with Gasteiger partial charge in [0.2, 0.25) is 0 Å². The number of allylic oxidation sites excluding steroid dienone is 2. The van der Waals surface area contributed by atoms with Gasteiger partial charge in [0.25, 0.3) is 10.0 Å². The molecule has 4 atom stereocenters. The minimum atomic E-state index is -3.83. The molecule has 0 radical (unpaired) electrons. The number of nitrogens with one attached hydrogen (secondary N) is 1. The van der Waals surface area contributed by atoms with Crippen LogP contribution in [0, 0.1) is 18.8 Å². The molecule has 0 saturated heterocycles. The number of esters is 2. The third-order valence-corrected chi connectivity index (χ3v) is 13.4. The topological polar surface area (TPSA) is 194 Å². The Kier molecular flexibility index (Phi) is 11.3. The molecular weight excluding hydrogens is 785 g/mol. The van der Waals surface area contributed by atoms with Crippen molar-refractivity contribution < 1.29 is 27.5 Å². The van der Waals surface area contributed by atoms with E-state index in [-0.39, 0.29) is 34.6 Å². The zero-order valence-corrected chi connectivity index (χ0v) is 35.1. The highest BCUT2D eigenvalue weighted by Crippen LogP contribution is 2.45. The number of aromatic amines is 1. The lowest BCUT2D eigenvalue weighted by atomic mass is 9.93. The van der Waals surface area contributed by atoms with Gasteiger partial charge in [-0.05, 0) is 82.6 Å². The second kappa shape index (κ2) is 16.8. The number of fused-ring (bicyclic) bond motifs is 6. The molecule has 60 heavy (non-hydrogen) atoms. The van der Waals surface area contributed by atoms with E-state index in [0.29, 0.717) is 42.4 Å². The van der Waals surface area contributed by atoms with E-state index in [2.05, 4.69) is 53.6 Å². The molecule has 0 bridgehead atoms. The van der Waals surface area contributed by atoms with Crippen LogP contribution in [-0.4, -0.2) is 81.7 Å². The van der Waals surface area contributed by atoms with Gasteiger partial charge in [0.1, 0.15) is 11.6 Å². The maximum Gasteiger partial charge on any atom is 0.330 e. The smallest absolute Gasteiger partial charge is 0.330 e. The Morgan fingerprint density at radius 2 is 1.28 bits per heavy atom. The second-order valence-corrected chi connectivity index (χ2v) is 17.2. The summed E-state index contributed by atoms with van der Waals surface area (Å²) in [6.07, 6.45) is 15.0. The molecule has 6 heterocycles. The van der Waals surface area contributed by atoms with Crippen LogP contribution in [0.2, 0.25) is 0 Å². The van der Waals surface area contributed by atoms with E-state index in [0.717, 1.165) is 77.3 Å². The molecule has 6 aromatic heterocycles. The van der Waals surface area contributed by atoms with Gasteiger partial charge in [-0.15, -0.1) is 20.4 Å². The summed E-state index contributed by atoms with van der Waals surface area (Å²) < 4.78 is 42.0. The number of hydrogen-bond donors (Lipinski definition) is 1. The van der Waals surface area contributed by atoms with Gasteiger partial charge in [-0.2, -0.15) is 0 Å². The molecule has 7 aromatic rings. The fourth-order valence-electron chi connectivity index (χ4n) is 8.77. The zero-order chi connectivity index (χ0) is 42.1. The fourth-order valence-corrected chi connectivity index (χ4v) is 10.1. The molecule has 1 N–H and O–H groups in total. The van der Waals surface area contributed by atoms with Crippen LogP contribution < -0.4 is 0 Å². The lowest BCUT2D eigenvalue weighted by Gasteiger charge is -2.16. The summed E-state index contributed by atoms with van der Waals surface area (Å²) in [5.74, 6) is 2.11. The van der Waals surface area contributed by atoms with Crippen LogP contribution in [0.1, 0.15) is 95.3 Å². The Morgan fingerprint density at radius 3 is 1.83 bits per heavy atom. The van der Waals surface area contributed by atoms with Crippen molar-refractivity contribution in [2.24, 2.45) is 11.8 Å². The summed E-state index contributed by atoms with van der Waals surface area (Å²) in [5.41, 5.74) is 7.18. The number of carbonyl (C=O) groups excluding carboxylic acids is 2. The first-order chi connectivity index (χ1) is 29.0. The zero-order valence-electron chi connectivity index (χ0n) is 34.3. The predicted molar refractivity (Wildman–Crippen MR) is 224 cm³/mol. The van der Waals surface area contributed by atoms with Crippen molar-refractivity contribution in [3.63, 3.8) is 0 Å². The van der Waals surface area contributed by atoms with Crippen LogP contribution in [0.4, 0.5) is 0 Å². The molecule has 0 spiro atoms. The van der Waals surface area contributed by atoms with Gasteiger partial charge in [0, 0.05) is 36.4 Å². The Balaban J connectivity index is 0.000000176. The average molecular weight is 833 g/mol. The molecule has 2 saturated carbocycles. The van der Waals surface area contributed by atoms with Crippen LogP contribution in [0.3, 0.4) is 0 Å². The summed E-state index contributed by atoms with van der Waals surface area (Å²) in [5, 5.41) is 17.6. The van der Waals surface area contributed by atoms with Crippen molar-refractivity contribution in [2.45, 2.75) is 89.9 Å². The highest BCUT2D eigenvalue weighted by Gasteiger charge is 2.36. The molecule has 17 heteroatoms. The summed E-state index contributed by atoms with van der Waals surface area (Å²) >= 11 is 0. The fraction of sp³-hybridized carbons (Fsp3) is 0.395. The van der Waals surface area contributed by atoms with Gasteiger partial charge < -0.3 is 14.5 Å². The summed E-state index contributed by atoms with van der Waals surface area (Å²) in [6.45, 7) is 10.6. The second-order valence-electron chi connectivity index (χ2n) is 15.3. The average Bonchev–Trinajstić information content (AvgIpc) is 4.09. The van der Waals surface area contributed by atoms with Gasteiger partial charge >= 0.3 is 11.9 Å². The Morgan fingerprint density at radius 1 is 0.733 bits per heavy atom. The minimum Gasteiger partial charge on any atom is -0.463 e. The minimum absolute atomic E-state index is 0.0401. The summed E-state index contributed by atoms with van der Waals surface area (Å²) in [7, 11) is -3.83. The number of aromatic nitrogens is 10. The molecule has 0 amide bonds. The third-order valence-electron chi connectivity index (χ3n) is 11.7. The molecule has 2 fully saturated rings. The van der Waals surface area contributed by atoms with E-state index < -0.39 is 10.0 Å². The molecular formula is C43H48N10O6S. The first-order valence-corrected chi connectivity index (χ1v) is 21.9. The van der Waals surface area contributed by atoms with E-state index in [1.54, 1.807) is 61.8 Å². The lowest BCUT2D eigenvalue weighted by molar-refractivity contribution is -0.138. The van der Waals surface area contributed by atoms with Crippen LogP contribution in [0.15, 0.2) is 89.4 Å². The number of hydrogen-bond acceptors (Lipinski definition) is 12. The quantitative estimate of drug-likeness (QED) is 0.110. The predicted octanol–water partition coefficient (Wildman–Crippen LogP) is 7.02. The number of rotatable bonds is 10. The number of ether oxygens (including phenoxy) is 2. The Hall–Kier alpha value is -6.23. The van der Waals surface area contributed by atoms with E-state index in [1.807, 2.05) is 30.5 Å². The van der Waals surface area contributed by atoms with Crippen molar-refractivity contribution in [2.75, 3.05) is 13.2 Å². The highest BCUT2D eigenvalue weighted by molar-refractivity contribution is 7.90. The van der Waals surface area contributed by atoms with Crippen molar-refractivity contribution in [3.05, 3.63) is 102 Å². The lowest BCUT2D eigenvalue weighted by Crippen LogP contribution is -2.13. The van der Waals surface area contributed by atoms with E-state index in [1.165, 1.54) is 10.2 Å². The Labute approximate surface area is 346 Å². The standard InChI is InChI=1S/C25H27N5O4S.C18H21N5O2/c1-4-18-12-17(14-23(31)34-5-2)13-20(18)24-28-27-22-15-26-25-21(30(22)24)10-11-29(25)35(32,33)19-8-6-16(3)7-9-19;1-3-12-7-11(9-16(24)25-4-2)8-13(12)18-22-21-15-10-20-17-14(23(15)18)5-6-19-17/h6-11,14-15,18,20H,4-5,12-13H2,1-3H3;5-6,9-10,12-13,19H,3-4,7-8H2,1-2H3/b17-14+;11-9+/t18-,20+;12-,13+/m11/s1. The molecule has 312 valence electrons. The van der Waals surface area contributed by atoms with Crippen LogP contribution >= 0.6 is 0 Å². The molecule has 2 aliphatic carbocycles. The largest absolute Gasteiger partial charge is 0.463 e. The van der Waals surface area contributed by atoms with Gasteiger partial charge in [-0.3, -0.25) is 8.80 Å². The maximum absolute atomic E-state index is 13.4. The summed E-state index contributed by atoms with van der Waals surface area (Å²) in [6, 6.07) is 10.5. The van der Waals surface area contributed by atoms with Crippen molar-refractivity contribution in [1.82, 2.24) is 48.1 Å². The number of benzene rings is 1. The first kappa shape index (κ1) is 40.5. The van der Waals surface area contributed by atoms with Crippen LogP contribution in [0.25, 0.3) is 33.6 Å². The van der Waals surface area contributed by atoms with Crippen molar-refractivity contribution >= 4 is 55.6 Å². The SMILES string of the molecule is CCOC(=O)/C=C1\C[C@@H](CC)[C@@H](c2nnc3cnc4[nH]ccc4n23)C1.CCOC(=O)/C=C1\C[C@@H](CC)[C@@H](c2nnc3cnc4c(ccn4S(=O)(=O)c4ccc(C)cc4)n23)C1. The van der Waals surface area contributed by atoms with E-state index in [9.17, 15) is 18.0 Å². The molecule has 2 aliphatic rings. The molecule has 0 aliphatic heterocycles. The molecule has 16 nitrogen and oxygen atoms in total. The normalized spacial score (nSPS) is 20.8. The van der Waals surface area contributed by atoms with E-state index >= 15 is 0 Å². The maximum atomic E-state index is 13.4. The number of nitrogens with zero attached hydrogens (tertiary/aromatic N) is 9. The Bertz CT molecular complexity index is 2890. The van der Waals surface area contributed by atoms with Gasteiger partial charge in [0.05, 0.1) is 41.5 Å². The van der Waals surface area contributed by atoms with Gasteiger partial charge in [0.15, 0.2) is 22.6 Å². The highest BCUT2D eigenvalue weighted by atomic mass is 32.2. The summed E-state index contributed by atoms with van der Waals surface area (Å²) in [4.78, 5) is 35.9. The molecule has 0 unspecified atom stereocenters. The van der Waals surface area contributed by atoms with Crippen molar-refractivity contribution in [3.8, 4) is 0 Å². The van der Waals surface area contributed by atoms with E-state index in [4.69, 9.17) is 9.47 Å². The van der Waals surface area contributed by atoms with Crippen molar-refractivity contribution in [1.29, 1.82) is 0 Å². The third kappa shape index (κ3) is 7.57. The van der Waals surface area contributed by atoms with Crippen LogP contribution in [0.5, 0.6) is 0 Å². The monoisotopic (exact) mass is 832 g/mol. The van der Waals surface area contributed by atoms with Gasteiger partial charge in [-0.25, -0.2) is 31.9 Å².